The van der Waals surface area contributed by atoms with Gasteiger partial charge in [0.25, 0.3) is 0 Å². The number of halogens is 1. The van der Waals surface area contributed by atoms with Crippen molar-refractivity contribution in [3.8, 4) is 5.75 Å². The fraction of sp³-hybridized carbons (Fsp3) is 0.462. The maximum absolute atomic E-state index is 11.4. The molecule has 0 N–H and O–H groups in total. The van der Waals surface area contributed by atoms with Crippen LogP contribution >= 0.6 is 15.9 Å². The molecule has 1 unspecified atom stereocenters. The van der Waals surface area contributed by atoms with Crippen molar-refractivity contribution in [1.29, 1.82) is 0 Å². The number of rotatable bonds is 5. The molecule has 88 valence electrons. The molecule has 0 amide bonds. The van der Waals surface area contributed by atoms with E-state index >= 15 is 0 Å². The number of carbonyl (C=O) groups is 1. The molecule has 0 heterocycles. The van der Waals surface area contributed by atoms with Gasteiger partial charge in [0.1, 0.15) is 16.4 Å². The molecule has 3 heteroatoms. The summed E-state index contributed by atoms with van der Waals surface area (Å²) in [7, 11) is 0. The van der Waals surface area contributed by atoms with Gasteiger partial charge in [0, 0.05) is 5.56 Å². The van der Waals surface area contributed by atoms with Gasteiger partial charge in [-0.1, -0.05) is 35.0 Å². The van der Waals surface area contributed by atoms with Crippen molar-refractivity contribution in [2.45, 2.75) is 32.0 Å². The van der Waals surface area contributed by atoms with E-state index in [0.29, 0.717) is 6.61 Å². The Balaban J connectivity index is 3.11. The molecule has 0 aliphatic heterocycles. The number of ether oxygens (including phenoxy) is 1. The predicted octanol–water partition coefficient (Wildman–Crippen LogP) is 3.67. The first-order chi connectivity index (χ1) is 7.60. The highest BCUT2D eigenvalue weighted by Crippen LogP contribution is 2.32. The van der Waals surface area contributed by atoms with Gasteiger partial charge in [-0.15, -0.1) is 0 Å². The molecule has 2 nitrogen and oxygen atoms in total. The largest absolute Gasteiger partial charge is 0.494 e. The third-order valence-corrected chi connectivity index (χ3v) is 3.55. The first kappa shape index (κ1) is 13.2. The van der Waals surface area contributed by atoms with Gasteiger partial charge in [-0.25, -0.2) is 0 Å². The van der Waals surface area contributed by atoms with Crippen LogP contribution in [0.15, 0.2) is 18.2 Å². The molecule has 0 bridgehead atoms. The van der Waals surface area contributed by atoms with Gasteiger partial charge >= 0.3 is 0 Å². The van der Waals surface area contributed by atoms with Gasteiger partial charge in [-0.2, -0.15) is 0 Å². The van der Waals surface area contributed by atoms with Crippen LogP contribution in [0.1, 0.15) is 36.7 Å². The zero-order valence-electron chi connectivity index (χ0n) is 9.92. The SMILES string of the molecule is CCOc1cc(CC)ccc1C(Br)C(C)=O. The number of Topliss-reactive ketones (excluding diaryl/α,β-unsaturated/α-hetero) is 1. The second-order valence-electron chi connectivity index (χ2n) is 3.63. The second kappa shape index (κ2) is 6.04. The molecular formula is C13H17BrO2. The van der Waals surface area contributed by atoms with Crippen molar-refractivity contribution in [2.75, 3.05) is 6.61 Å². The van der Waals surface area contributed by atoms with E-state index in [4.69, 9.17) is 4.74 Å². The van der Waals surface area contributed by atoms with Gasteiger partial charge in [0.05, 0.1) is 6.61 Å². The van der Waals surface area contributed by atoms with Crippen LogP contribution in [-0.4, -0.2) is 12.4 Å². The number of aryl methyl sites for hydroxylation is 1. The van der Waals surface area contributed by atoms with Gasteiger partial charge in [-0.3, -0.25) is 4.79 Å². The van der Waals surface area contributed by atoms with Gasteiger partial charge in [0.2, 0.25) is 0 Å². The Bertz CT molecular complexity index is 374. The molecule has 1 aromatic rings. The van der Waals surface area contributed by atoms with Crippen molar-refractivity contribution in [3.63, 3.8) is 0 Å². The van der Waals surface area contributed by atoms with Crippen LogP contribution in [0.25, 0.3) is 0 Å². The van der Waals surface area contributed by atoms with Crippen molar-refractivity contribution >= 4 is 21.7 Å². The van der Waals surface area contributed by atoms with E-state index in [-0.39, 0.29) is 10.6 Å². The summed E-state index contributed by atoms with van der Waals surface area (Å²) in [6.07, 6.45) is 0.966. The lowest BCUT2D eigenvalue weighted by Crippen LogP contribution is -2.05. The lowest BCUT2D eigenvalue weighted by molar-refractivity contribution is -0.116. The minimum Gasteiger partial charge on any atom is -0.494 e. The van der Waals surface area contributed by atoms with Crippen molar-refractivity contribution in [3.05, 3.63) is 29.3 Å². The van der Waals surface area contributed by atoms with Crippen LogP contribution in [0.4, 0.5) is 0 Å². The van der Waals surface area contributed by atoms with Crippen LogP contribution in [0.5, 0.6) is 5.75 Å². The molecule has 0 saturated heterocycles. The zero-order chi connectivity index (χ0) is 12.1. The van der Waals surface area contributed by atoms with Crippen molar-refractivity contribution in [2.24, 2.45) is 0 Å². The Labute approximate surface area is 105 Å². The quantitative estimate of drug-likeness (QED) is 0.771. The Morgan fingerprint density at radius 3 is 2.62 bits per heavy atom. The highest BCUT2D eigenvalue weighted by molar-refractivity contribution is 9.09. The van der Waals surface area contributed by atoms with E-state index < -0.39 is 0 Å². The number of carbonyl (C=O) groups excluding carboxylic acids is 1. The third kappa shape index (κ3) is 3.08. The first-order valence-electron chi connectivity index (χ1n) is 5.50. The van der Waals surface area contributed by atoms with E-state index in [9.17, 15) is 4.79 Å². The van der Waals surface area contributed by atoms with Gasteiger partial charge < -0.3 is 4.74 Å². The van der Waals surface area contributed by atoms with Gasteiger partial charge in [0.15, 0.2) is 0 Å². The van der Waals surface area contributed by atoms with Crippen molar-refractivity contribution < 1.29 is 9.53 Å². The molecule has 1 rings (SSSR count). The smallest absolute Gasteiger partial charge is 0.147 e. The Hall–Kier alpha value is -0.830. The summed E-state index contributed by atoms with van der Waals surface area (Å²) in [6.45, 7) is 6.22. The van der Waals surface area contributed by atoms with Gasteiger partial charge in [-0.05, 0) is 31.9 Å². The minimum atomic E-state index is -0.278. The molecule has 0 fully saturated rings. The number of ketones is 1. The lowest BCUT2D eigenvalue weighted by atomic mass is 10.0. The zero-order valence-corrected chi connectivity index (χ0v) is 11.5. The Kier molecular flexibility index (Phi) is 5.00. The predicted molar refractivity (Wildman–Crippen MR) is 69.3 cm³/mol. The van der Waals surface area contributed by atoms with Crippen molar-refractivity contribution in [1.82, 2.24) is 0 Å². The molecule has 16 heavy (non-hydrogen) atoms. The van der Waals surface area contributed by atoms with Crippen LogP contribution < -0.4 is 4.74 Å². The third-order valence-electron chi connectivity index (χ3n) is 2.42. The molecular weight excluding hydrogens is 268 g/mol. The number of hydrogen-bond acceptors (Lipinski definition) is 2. The highest BCUT2D eigenvalue weighted by atomic mass is 79.9. The molecule has 0 saturated carbocycles. The highest BCUT2D eigenvalue weighted by Gasteiger charge is 2.17. The van der Waals surface area contributed by atoms with Crippen LogP contribution in [0.2, 0.25) is 0 Å². The van der Waals surface area contributed by atoms with E-state index in [1.54, 1.807) is 6.92 Å². The van der Waals surface area contributed by atoms with Crippen LogP contribution in [0.3, 0.4) is 0 Å². The summed E-state index contributed by atoms with van der Waals surface area (Å²) < 4.78 is 5.57. The lowest BCUT2D eigenvalue weighted by Gasteiger charge is -2.14. The average molecular weight is 285 g/mol. The van der Waals surface area contributed by atoms with Crippen LogP contribution in [0, 0.1) is 0 Å². The summed E-state index contributed by atoms with van der Waals surface area (Å²) in [4.78, 5) is 11.1. The fourth-order valence-electron chi connectivity index (χ4n) is 1.51. The summed E-state index contributed by atoms with van der Waals surface area (Å²) in [6, 6.07) is 6.01. The van der Waals surface area contributed by atoms with E-state index in [1.165, 1.54) is 5.56 Å². The molecule has 1 atom stereocenters. The molecule has 0 aromatic heterocycles. The van der Waals surface area contributed by atoms with E-state index in [2.05, 4.69) is 22.9 Å². The Morgan fingerprint density at radius 2 is 2.12 bits per heavy atom. The first-order valence-corrected chi connectivity index (χ1v) is 6.41. The second-order valence-corrected chi connectivity index (χ2v) is 4.55. The van der Waals surface area contributed by atoms with Crippen LogP contribution in [-0.2, 0) is 11.2 Å². The topological polar surface area (TPSA) is 26.3 Å². The average Bonchev–Trinajstić information content (AvgIpc) is 2.28. The molecule has 0 aliphatic carbocycles. The molecule has 0 radical (unpaired) electrons. The van der Waals surface area contributed by atoms with E-state index in [0.717, 1.165) is 17.7 Å². The maximum Gasteiger partial charge on any atom is 0.147 e. The molecule has 0 spiro atoms. The minimum absolute atomic E-state index is 0.0881. The normalized spacial score (nSPS) is 12.2. The molecule has 1 aromatic carbocycles. The summed E-state index contributed by atoms with van der Waals surface area (Å²) in [5, 5.41) is 0. The van der Waals surface area contributed by atoms with E-state index in [1.807, 2.05) is 25.1 Å². The fourth-order valence-corrected chi connectivity index (χ4v) is 1.89. The summed E-state index contributed by atoms with van der Waals surface area (Å²) >= 11 is 3.39. The summed E-state index contributed by atoms with van der Waals surface area (Å²) in [5.74, 6) is 0.893. The Morgan fingerprint density at radius 1 is 1.44 bits per heavy atom. The molecule has 0 aliphatic rings. The number of alkyl halides is 1. The monoisotopic (exact) mass is 284 g/mol. The standard InChI is InChI=1S/C13H17BrO2/c1-4-10-6-7-11(13(14)9(3)15)12(8-10)16-5-2/h6-8,13H,4-5H2,1-3H3. The maximum atomic E-state index is 11.4. The summed E-state index contributed by atoms with van der Waals surface area (Å²) in [5.41, 5.74) is 2.13. The number of hydrogen-bond donors (Lipinski definition) is 0. The number of benzene rings is 1.